The fourth-order valence-corrected chi connectivity index (χ4v) is 4.63. The summed E-state index contributed by atoms with van der Waals surface area (Å²) in [5.74, 6) is 0.293. The summed E-state index contributed by atoms with van der Waals surface area (Å²) in [5.41, 5.74) is 8.98. The Labute approximate surface area is 190 Å². The molecule has 1 heterocycles. The van der Waals surface area contributed by atoms with E-state index in [1.165, 1.54) is 16.6 Å². The second-order valence-electron chi connectivity index (χ2n) is 8.08. The van der Waals surface area contributed by atoms with Crippen molar-refractivity contribution < 1.29 is 0 Å². The maximum absolute atomic E-state index is 5.01. The van der Waals surface area contributed by atoms with Gasteiger partial charge in [0, 0.05) is 73.4 Å². The molecule has 0 aliphatic heterocycles. The van der Waals surface area contributed by atoms with E-state index in [2.05, 4.69) is 90.6 Å². The van der Waals surface area contributed by atoms with Gasteiger partial charge in [0.25, 0.3) is 0 Å². The van der Waals surface area contributed by atoms with Crippen molar-refractivity contribution in [2.75, 3.05) is 37.1 Å². The number of rotatable bonds is 8. The van der Waals surface area contributed by atoms with E-state index in [0.717, 1.165) is 46.5 Å². The lowest BCUT2D eigenvalue weighted by molar-refractivity contribution is 0.608. The molecule has 4 aromatic rings. The van der Waals surface area contributed by atoms with Crippen LogP contribution < -0.4 is 16.0 Å². The van der Waals surface area contributed by atoms with Gasteiger partial charge < -0.3 is 16.0 Å². The van der Waals surface area contributed by atoms with Crippen LogP contribution in [0.25, 0.3) is 22.0 Å². The summed E-state index contributed by atoms with van der Waals surface area (Å²) in [7, 11) is 7.90. The van der Waals surface area contributed by atoms with Crippen molar-refractivity contribution in [1.29, 1.82) is 0 Å². The molecule has 3 N–H and O–H groups in total. The summed E-state index contributed by atoms with van der Waals surface area (Å²) in [5, 5.41) is 16.2. The Hall–Kier alpha value is -3.47. The van der Waals surface area contributed by atoms with E-state index in [4.69, 9.17) is 5.10 Å². The number of nitrogens with zero attached hydrogens (tertiary/aromatic N) is 2. The zero-order chi connectivity index (χ0) is 22.7. The van der Waals surface area contributed by atoms with E-state index in [1.807, 2.05) is 25.8 Å². The number of hydrogen-bond donors (Lipinski definition) is 3. The molecule has 0 saturated heterocycles. The monoisotopic (exact) mass is 426 g/mol. The average Bonchev–Trinajstić information content (AvgIpc) is 3.18. The van der Waals surface area contributed by atoms with E-state index < -0.39 is 0 Å². The lowest BCUT2D eigenvalue weighted by Crippen LogP contribution is -2.08. The van der Waals surface area contributed by atoms with Crippen LogP contribution in [0.5, 0.6) is 0 Å². The highest BCUT2D eigenvalue weighted by molar-refractivity contribution is 6.03. The van der Waals surface area contributed by atoms with Crippen molar-refractivity contribution in [3.63, 3.8) is 0 Å². The molecule has 1 unspecified atom stereocenters. The van der Waals surface area contributed by atoms with Crippen molar-refractivity contribution in [3.05, 3.63) is 78.8 Å². The highest BCUT2D eigenvalue weighted by atomic mass is 15.3. The summed E-state index contributed by atoms with van der Waals surface area (Å²) in [4.78, 5) is 0. The van der Waals surface area contributed by atoms with Crippen molar-refractivity contribution in [2.45, 2.75) is 18.8 Å². The predicted octanol–water partition coefficient (Wildman–Crippen LogP) is 5.92. The van der Waals surface area contributed by atoms with E-state index in [1.54, 1.807) is 0 Å². The van der Waals surface area contributed by atoms with E-state index in [0.29, 0.717) is 5.92 Å². The molecular formula is C27H32N5. The third-order valence-electron chi connectivity index (χ3n) is 6.21. The largest absolute Gasteiger partial charge is 0.388 e. The minimum absolute atomic E-state index is 0.293. The third kappa shape index (κ3) is 3.91. The number of benzene rings is 3. The van der Waals surface area contributed by atoms with Gasteiger partial charge in [-0.15, -0.1) is 0 Å². The lowest BCUT2D eigenvalue weighted by Gasteiger charge is -2.18. The molecule has 4 rings (SSSR count). The SMILES string of the molecule is [CH2]CC(Cc1ccccc1)c1c2cccc(-c3c(NC)cc(NC)cc3NC)c2nn1C. The van der Waals surface area contributed by atoms with Crippen LogP contribution in [0, 0.1) is 6.92 Å². The fraction of sp³-hybridized carbons (Fsp3) is 0.259. The highest BCUT2D eigenvalue weighted by Gasteiger charge is 2.22. The molecule has 0 spiro atoms. The summed E-state index contributed by atoms with van der Waals surface area (Å²) in [6, 6.07) is 21.4. The Morgan fingerprint density at radius 1 is 0.906 bits per heavy atom. The van der Waals surface area contributed by atoms with Crippen LogP contribution in [0.3, 0.4) is 0 Å². The second-order valence-corrected chi connectivity index (χ2v) is 8.08. The first-order valence-electron chi connectivity index (χ1n) is 11.1. The molecule has 1 atom stereocenters. The van der Waals surface area contributed by atoms with Gasteiger partial charge >= 0.3 is 0 Å². The number of anilines is 3. The van der Waals surface area contributed by atoms with Gasteiger partial charge in [-0.25, -0.2) is 0 Å². The normalized spacial score (nSPS) is 12.0. The Bertz CT molecular complexity index is 1180. The molecule has 0 bridgehead atoms. The molecule has 0 aliphatic rings. The number of fused-ring (bicyclic) bond motifs is 1. The maximum atomic E-state index is 5.01. The quantitative estimate of drug-likeness (QED) is 0.328. The third-order valence-corrected chi connectivity index (χ3v) is 6.21. The molecule has 1 aromatic heterocycles. The zero-order valence-electron chi connectivity index (χ0n) is 19.4. The minimum Gasteiger partial charge on any atom is -0.388 e. The first-order chi connectivity index (χ1) is 15.6. The number of aromatic nitrogens is 2. The standard InChI is InChI=1S/C27H32N5/c1-6-19(15-18-11-8-7-9-12-18)27-22-14-10-13-21(26(22)31-32(27)5)25-23(29-3)16-20(28-2)17-24(25)30-4/h7-14,16-17,19,28-30H,1,6,15H2,2-5H3. The molecule has 0 aliphatic carbocycles. The Morgan fingerprint density at radius 2 is 1.59 bits per heavy atom. The zero-order valence-corrected chi connectivity index (χ0v) is 19.4. The van der Waals surface area contributed by atoms with Crippen LogP contribution in [-0.2, 0) is 13.5 Å². The first kappa shape index (κ1) is 21.8. The van der Waals surface area contributed by atoms with Crippen molar-refractivity contribution >= 4 is 28.0 Å². The Balaban J connectivity index is 1.89. The Morgan fingerprint density at radius 3 is 2.19 bits per heavy atom. The fourth-order valence-electron chi connectivity index (χ4n) is 4.63. The number of aryl methyl sites for hydroxylation is 1. The van der Waals surface area contributed by atoms with Crippen LogP contribution in [0.1, 0.15) is 23.6 Å². The minimum atomic E-state index is 0.293. The van der Waals surface area contributed by atoms with E-state index in [9.17, 15) is 0 Å². The van der Waals surface area contributed by atoms with Gasteiger partial charge in [-0.1, -0.05) is 55.5 Å². The predicted molar refractivity (Wildman–Crippen MR) is 138 cm³/mol. The van der Waals surface area contributed by atoms with Gasteiger partial charge in [0.15, 0.2) is 0 Å². The van der Waals surface area contributed by atoms with E-state index in [-0.39, 0.29) is 0 Å². The molecule has 3 aromatic carbocycles. The van der Waals surface area contributed by atoms with Crippen molar-refractivity contribution in [2.24, 2.45) is 7.05 Å². The summed E-state index contributed by atoms with van der Waals surface area (Å²) in [6.07, 6.45) is 1.76. The molecule has 0 amide bonds. The van der Waals surface area contributed by atoms with Crippen LogP contribution in [0.2, 0.25) is 0 Å². The van der Waals surface area contributed by atoms with Crippen LogP contribution in [0.4, 0.5) is 17.1 Å². The number of nitrogens with one attached hydrogen (secondary N) is 3. The highest BCUT2D eigenvalue weighted by Crippen LogP contribution is 2.42. The van der Waals surface area contributed by atoms with Crippen molar-refractivity contribution in [3.8, 4) is 11.1 Å². The molecule has 5 heteroatoms. The molecule has 5 nitrogen and oxygen atoms in total. The van der Waals surface area contributed by atoms with Crippen molar-refractivity contribution in [1.82, 2.24) is 9.78 Å². The van der Waals surface area contributed by atoms with Gasteiger partial charge in [-0.2, -0.15) is 5.10 Å². The van der Waals surface area contributed by atoms with Gasteiger partial charge in [-0.05, 0) is 30.5 Å². The average molecular weight is 427 g/mol. The van der Waals surface area contributed by atoms with Gasteiger partial charge in [0.05, 0.1) is 0 Å². The van der Waals surface area contributed by atoms with Gasteiger partial charge in [-0.3, -0.25) is 4.68 Å². The Kier molecular flexibility index (Phi) is 6.35. The smallest absolute Gasteiger partial charge is 0.101 e. The molecule has 1 radical (unpaired) electrons. The molecule has 0 fully saturated rings. The second kappa shape index (κ2) is 9.35. The number of hydrogen-bond acceptors (Lipinski definition) is 4. The summed E-state index contributed by atoms with van der Waals surface area (Å²) in [6.45, 7) is 4.27. The lowest BCUT2D eigenvalue weighted by atomic mass is 9.90. The van der Waals surface area contributed by atoms with Gasteiger partial charge in [0.1, 0.15) is 5.52 Å². The molecule has 32 heavy (non-hydrogen) atoms. The van der Waals surface area contributed by atoms with Crippen LogP contribution >= 0.6 is 0 Å². The maximum Gasteiger partial charge on any atom is 0.101 e. The first-order valence-corrected chi connectivity index (χ1v) is 11.1. The van der Waals surface area contributed by atoms with Gasteiger partial charge in [0.2, 0.25) is 0 Å². The topological polar surface area (TPSA) is 53.9 Å². The molecule has 165 valence electrons. The van der Waals surface area contributed by atoms with Crippen LogP contribution in [-0.4, -0.2) is 30.9 Å². The van der Waals surface area contributed by atoms with E-state index >= 15 is 0 Å². The summed E-state index contributed by atoms with van der Waals surface area (Å²) < 4.78 is 2.05. The molecular weight excluding hydrogens is 394 g/mol. The van der Waals surface area contributed by atoms with Crippen LogP contribution in [0.15, 0.2) is 60.7 Å². The molecule has 0 saturated carbocycles. The summed E-state index contributed by atoms with van der Waals surface area (Å²) >= 11 is 0.